The number of methoxy groups -OCH3 is 1. The lowest BCUT2D eigenvalue weighted by molar-refractivity contribution is -0.156. The largest absolute Gasteiger partial charge is 0.465 e. The molecule has 6 heteroatoms. The smallest absolute Gasteiger partial charge is 0.338 e. The summed E-state index contributed by atoms with van der Waals surface area (Å²) in [7, 11) is 1.38. The van der Waals surface area contributed by atoms with Gasteiger partial charge in [0.1, 0.15) is 12.5 Å². The van der Waals surface area contributed by atoms with Gasteiger partial charge in [-0.2, -0.15) is 0 Å². The summed E-state index contributed by atoms with van der Waals surface area (Å²) < 4.78 is 10.2. The maximum absolute atomic E-state index is 12.4. The van der Waals surface area contributed by atoms with Crippen LogP contribution >= 0.6 is 0 Å². The number of carbonyl (C=O) groups excluding carboxylic acids is 2. The van der Waals surface area contributed by atoms with Crippen LogP contribution in [0.5, 0.6) is 0 Å². The Balaban J connectivity index is 1.53. The molecule has 0 bridgehead atoms. The maximum atomic E-state index is 12.4. The van der Waals surface area contributed by atoms with E-state index in [0.29, 0.717) is 24.8 Å². The first-order valence-corrected chi connectivity index (χ1v) is 11.7. The van der Waals surface area contributed by atoms with E-state index in [1.54, 1.807) is 6.07 Å². The van der Waals surface area contributed by atoms with E-state index < -0.39 is 24.6 Å². The van der Waals surface area contributed by atoms with E-state index in [-0.39, 0.29) is 12.6 Å². The van der Waals surface area contributed by atoms with Crippen LogP contribution in [-0.2, 0) is 40.1 Å². The molecule has 3 rings (SSSR count). The molecule has 0 aliphatic carbocycles. The van der Waals surface area contributed by atoms with Crippen LogP contribution < -0.4 is 0 Å². The van der Waals surface area contributed by atoms with Crippen molar-refractivity contribution in [3.05, 3.63) is 107 Å². The van der Waals surface area contributed by atoms with Crippen molar-refractivity contribution < 1.29 is 29.3 Å². The van der Waals surface area contributed by atoms with Crippen molar-refractivity contribution in [2.75, 3.05) is 13.7 Å². The molecule has 0 fully saturated rings. The van der Waals surface area contributed by atoms with E-state index >= 15 is 0 Å². The first-order chi connectivity index (χ1) is 17.0. The summed E-state index contributed by atoms with van der Waals surface area (Å²) in [5.41, 5.74) is 4.48. The fraction of sp³-hybridized carbons (Fsp3) is 0.310. The van der Waals surface area contributed by atoms with Crippen LogP contribution in [0.2, 0.25) is 0 Å². The van der Waals surface area contributed by atoms with E-state index in [2.05, 4.69) is 6.07 Å². The molecule has 0 saturated heterocycles. The number of benzene rings is 3. The minimum absolute atomic E-state index is 0.101. The lowest BCUT2D eigenvalue weighted by Gasteiger charge is -2.20. The molecule has 0 radical (unpaired) electrons. The Kier molecular flexibility index (Phi) is 10.0. The number of hydrogen-bond donors (Lipinski definition) is 2. The van der Waals surface area contributed by atoms with Gasteiger partial charge in [-0.1, -0.05) is 72.8 Å². The third-order valence-electron chi connectivity index (χ3n) is 6.01. The average molecular weight is 477 g/mol. The lowest BCUT2D eigenvalue weighted by Crippen LogP contribution is -2.33. The number of carbonyl (C=O) groups is 2. The second kappa shape index (κ2) is 13.4. The lowest BCUT2D eigenvalue weighted by atomic mass is 9.95. The molecule has 0 aliphatic rings. The fourth-order valence-corrected chi connectivity index (χ4v) is 3.97. The number of aliphatic hydroxyl groups is 2. The van der Waals surface area contributed by atoms with Crippen LogP contribution in [0.15, 0.2) is 78.9 Å². The Morgan fingerprint density at radius 1 is 0.829 bits per heavy atom. The molecule has 0 amide bonds. The molecular weight excluding hydrogens is 444 g/mol. The molecule has 2 N–H and O–H groups in total. The Labute approximate surface area is 206 Å². The van der Waals surface area contributed by atoms with Gasteiger partial charge in [-0.25, -0.2) is 4.79 Å². The number of ether oxygens (including phenoxy) is 2. The number of hydrogen-bond acceptors (Lipinski definition) is 6. The molecular formula is C29H32O6. The van der Waals surface area contributed by atoms with Crippen molar-refractivity contribution in [1.82, 2.24) is 0 Å². The number of rotatable bonds is 12. The van der Waals surface area contributed by atoms with E-state index in [9.17, 15) is 19.8 Å². The molecule has 184 valence electrons. The van der Waals surface area contributed by atoms with Crippen molar-refractivity contribution in [2.24, 2.45) is 5.92 Å². The zero-order valence-electron chi connectivity index (χ0n) is 19.9. The molecule has 0 aliphatic heterocycles. The van der Waals surface area contributed by atoms with Crippen molar-refractivity contribution in [3.63, 3.8) is 0 Å². The zero-order chi connectivity index (χ0) is 25.0. The van der Waals surface area contributed by atoms with Crippen molar-refractivity contribution in [1.29, 1.82) is 0 Å². The van der Waals surface area contributed by atoms with E-state index in [1.165, 1.54) is 7.11 Å². The number of aryl methyl sites for hydroxylation is 3. The third-order valence-corrected chi connectivity index (χ3v) is 6.01. The van der Waals surface area contributed by atoms with Gasteiger partial charge >= 0.3 is 11.9 Å². The highest BCUT2D eigenvalue weighted by atomic mass is 16.5. The molecule has 2 atom stereocenters. The Morgan fingerprint density at radius 3 is 2.20 bits per heavy atom. The van der Waals surface area contributed by atoms with Crippen molar-refractivity contribution in [2.45, 2.75) is 38.4 Å². The third kappa shape index (κ3) is 7.77. The van der Waals surface area contributed by atoms with Gasteiger partial charge in [-0.3, -0.25) is 4.79 Å². The van der Waals surface area contributed by atoms with E-state index in [1.807, 2.05) is 66.7 Å². The van der Waals surface area contributed by atoms with Gasteiger partial charge in [0.25, 0.3) is 0 Å². The van der Waals surface area contributed by atoms with E-state index in [0.717, 1.165) is 28.7 Å². The van der Waals surface area contributed by atoms with Crippen molar-refractivity contribution in [3.8, 4) is 0 Å². The van der Waals surface area contributed by atoms with Crippen LogP contribution in [0.4, 0.5) is 0 Å². The SMILES string of the molecule is COC(=O)c1ccccc1CCc1cccc(CCC(O)C(CO)C(=O)OCc2ccccc2)c1. The minimum atomic E-state index is -1.01. The highest BCUT2D eigenvalue weighted by Gasteiger charge is 2.27. The second-order valence-corrected chi connectivity index (χ2v) is 8.46. The van der Waals surface area contributed by atoms with Gasteiger partial charge in [-0.15, -0.1) is 0 Å². The Morgan fingerprint density at radius 2 is 1.49 bits per heavy atom. The van der Waals surface area contributed by atoms with Crippen molar-refractivity contribution >= 4 is 11.9 Å². The van der Waals surface area contributed by atoms with Crippen LogP contribution in [0.25, 0.3) is 0 Å². The first-order valence-electron chi connectivity index (χ1n) is 11.7. The predicted molar refractivity (Wildman–Crippen MR) is 133 cm³/mol. The number of aliphatic hydroxyl groups excluding tert-OH is 2. The second-order valence-electron chi connectivity index (χ2n) is 8.46. The fourth-order valence-electron chi connectivity index (χ4n) is 3.97. The van der Waals surface area contributed by atoms with Gasteiger partial charge in [0.2, 0.25) is 0 Å². The van der Waals surface area contributed by atoms with Crippen LogP contribution in [-0.4, -0.2) is 42.0 Å². The number of esters is 2. The van der Waals surface area contributed by atoms with Gasteiger partial charge in [0.15, 0.2) is 0 Å². The normalized spacial score (nSPS) is 12.5. The molecule has 2 unspecified atom stereocenters. The summed E-state index contributed by atoms with van der Waals surface area (Å²) in [6, 6.07) is 24.7. The highest BCUT2D eigenvalue weighted by molar-refractivity contribution is 5.91. The summed E-state index contributed by atoms with van der Waals surface area (Å²) in [6.07, 6.45) is 1.29. The minimum Gasteiger partial charge on any atom is -0.465 e. The topological polar surface area (TPSA) is 93.1 Å². The predicted octanol–water partition coefficient (Wildman–Crippen LogP) is 3.90. The maximum Gasteiger partial charge on any atom is 0.338 e. The molecule has 0 aromatic heterocycles. The van der Waals surface area contributed by atoms with Gasteiger partial charge < -0.3 is 19.7 Å². The van der Waals surface area contributed by atoms with Crippen LogP contribution in [0.3, 0.4) is 0 Å². The molecule has 6 nitrogen and oxygen atoms in total. The summed E-state index contributed by atoms with van der Waals surface area (Å²) in [5.74, 6) is -1.94. The Hall–Kier alpha value is -3.48. The summed E-state index contributed by atoms with van der Waals surface area (Å²) in [4.78, 5) is 24.4. The average Bonchev–Trinajstić information content (AvgIpc) is 2.90. The molecule has 3 aromatic carbocycles. The molecule has 0 spiro atoms. The molecule has 0 saturated carbocycles. The van der Waals surface area contributed by atoms with E-state index in [4.69, 9.17) is 9.47 Å². The molecule has 35 heavy (non-hydrogen) atoms. The van der Waals surface area contributed by atoms with Gasteiger partial charge in [0, 0.05) is 0 Å². The van der Waals surface area contributed by atoms with Crippen LogP contribution in [0, 0.1) is 5.92 Å². The highest BCUT2D eigenvalue weighted by Crippen LogP contribution is 2.18. The quantitative estimate of drug-likeness (QED) is 0.385. The molecule has 3 aromatic rings. The van der Waals surface area contributed by atoms with Gasteiger partial charge in [-0.05, 0) is 54.0 Å². The van der Waals surface area contributed by atoms with Gasteiger partial charge in [0.05, 0.1) is 25.4 Å². The standard InChI is InChI=1S/C29H32O6/c1-34-28(32)25-13-6-5-12-24(25)16-14-21-10-7-11-22(18-21)15-17-27(31)26(19-30)29(33)35-20-23-8-3-2-4-9-23/h2-13,18,26-27,30-31H,14-17,19-20H2,1H3. The first kappa shape index (κ1) is 26.1. The summed E-state index contributed by atoms with van der Waals surface area (Å²) in [6.45, 7) is -0.377. The summed E-state index contributed by atoms with van der Waals surface area (Å²) >= 11 is 0. The Bertz CT molecular complexity index is 1100. The zero-order valence-corrected chi connectivity index (χ0v) is 19.9. The molecule has 0 heterocycles. The summed E-state index contributed by atoms with van der Waals surface area (Å²) in [5, 5.41) is 20.2. The van der Waals surface area contributed by atoms with Crippen LogP contribution in [0.1, 0.15) is 39.0 Å². The monoisotopic (exact) mass is 476 g/mol.